The van der Waals surface area contributed by atoms with E-state index in [1.165, 1.54) is 0 Å². The summed E-state index contributed by atoms with van der Waals surface area (Å²) in [7, 11) is 1.85. The molecule has 0 saturated carbocycles. The first-order valence-corrected chi connectivity index (χ1v) is 7.19. The van der Waals surface area contributed by atoms with Gasteiger partial charge >= 0.3 is 0 Å². The molecule has 1 aromatic heterocycles. The van der Waals surface area contributed by atoms with Crippen molar-refractivity contribution in [3.63, 3.8) is 0 Å². The average molecular weight is 353 g/mol. The summed E-state index contributed by atoms with van der Waals surface area (Å²) in [4.78, 5) is 13.9. The standard InChI is InChI=1S/C14H17BrN4O2/c1-9-5-11(18-21-9)7-19(2)8-14(20)17-13-4-3-10(16)6-12(13)15/h3-6H,7-8,16H2,1-2H3,(H,17,20). The number of anilines is 2. The fourth-order valence-electron chi connectivity index (χ4n) is 1.89. The molecule has 6 nitrogen and oxygen atoms in total. The van der Waals surface area contributed by atoms with Gasteiger partial charge in [-0.25, -0.2) is 0 Å². The zero-order valence-electron chi connectivity index (χ0n) is 11.9. The number of hydrogen-bond donors (Lipinski definition) is 2. The summed E-state index contributed by atoms with van der Waals surface area (Å²) in [6, 6.07) is 7.10. The summed E-state index contributed by atoms with van der Waals surface area (Å²) < 4.78 is 5.75. The van der Waals surface area contributed by atoms with Crippen LogP contribution in [0.2, 0.25) is 0 Å². The molecule has 1 amide bonds. The minimum atomic E-state index is -0.108. The minimum Gasteiger partial charge on any atom is -0.399 e. The van der Waals surface area contributed by atoms with E-state index in [1.807, 2.05) is 24.9 Å². The number of amides is 1. The average Bonchev–Trinajstić information content (AvgIpc) is 2.78. The van der Waals surface area contributed by atoms with Gasteiger partial charge < -0.3 is 15.6 Å². The van der Waals surface area contributed by atoms with Crippen LogP contribution in [-0.4, -0.2) is 29.6 Å². The van der Waals surface area contributed by atoms with E-state index in [-0.39, 0.29) is 12.5 Å². The first-order chi connectivity index (χ1) is 9.94. The summed E-state index contributed by atoms with van der Waals surface area (Å²) in [5.74, 6) is 0.650. The molecule has 112 valence electrons. The van der Waals surface area contributed by atoms with Crippen LogP contribution in [0.4, 0.5) is 11.4 Å². The van der Waals surface area contributed by atoms with Crippen LogP contribution in [-0.2, 0) is 11.3 Å². The fourth-order valence-corrected chi connectivity index (χ4v) is 2.39. The van der Waals surface area contributed by atoms with Gasteiger partial charge in [0.1, 0.15) is 5.76 Å². The van der Waals surface area contributed by atoms with Crippen LogP contribution in [0, 0.1) is 6.92 Å². The number of nitrogens with two attached hydrogens (primary N) is 1. The maximum absolute atomic E-state index is 12.0. The number of likely N-dealkylation sites (N-methyl/N-ethyl adjacent to an activating group) is 1. The summed E-state index contributed by atoms with van der Waals surface area (Å²) >= 11 is 3.37. The van der Waals surface area contributed by atoms with Gasteiger partial charge in [0.25, 0.3) is 0 Å². The highest BCUT2D eigenvalue weighted by Crippen LogP contribution is 2.24. The van der Waals surface area contributed by atoms with Crippen molar-refractivity contribution in [2.24, 2.45) is 0 Å². The number of hydrogen-bond acceptors (Lipinski definition) is 5. The molecule has 0 unspecified atom stereocenters. The monoisotopic (exact) mass is 352 g/mol. The third-order valence-corrected chi connectivity index (χ3v) is 3.45. The van der Waals surface area contributed by atoms with Crippen LogP contribution in [0.5, 0.6) is 0 Å². The molecular weight excluding hydrogens is 336 g/mol. The van der Waals surface area contributed by atoms with Crippen LogP contribution in [0.25, 0.3) is 0 Å². The van der Waals surface area contributed by atoms with Gasteiger partial charge in [-0.15, -0.1) is 0 Å². The SMILES string of the molecule is Cc1cc(CN(C)CC(=O)Nc2ccc(N)cc2Br)no1. The Morgan fingerprint density at radius 1 is 1.48 bits per heavy atom. The molecule has 0 fully saturated rings. The van der Waals surface area contributed by atoms with Crippen molar-refractivity contribution in [1.82, 2.24) is 10.1 Å². The maximum atomic E-state index is 12.0. The molecule has 2 aromatic rings. The molecule has 0 aliphatic heterocycles. The smallest absolute Gasteiger partial charge is 0.238 e. The molecule has 0 spiro atoms. The lowest BCUT2D eigenvalue weighted by molar-refractivity contribution is -0.117. The number of nitrogen functional groups attached to an aromatic ring is 1. The van der Waals surface area contributed by atoms with Gasteiger partial charge in [-0.1, -0.05) is 5.16 Å². The third-order valence-electron chi connectivity index (χ3n) is 2.79. The maximum Gasteiger partial charge on any atom is 0.238 e. The molecule has 0 aliphatic rings. The van der Waals surface area contributed by atoms with Crippen molar-refractivity contribution in [3.8, 4) is 0 Å². The zero-order chi connectivity index (χ0) is 15.4. The Bertz CT molecular complexity index is 642. The normalized spacial score (nSPS) is 10.9. The number of aryl methyl sites for hydroxylation is 1. The predicted molar refractivity (Wildman–Crippen MR) is 84.8 cm³/mol. The summed E-state index contributed by atoms with van der Waals surface area (Å²) in [6.07, 6.45) is 0. The van der Waals surface area contributed by atoms with Crippen molar-refractivity contribution in [3.05, 3.63) is 40.2 Å². The van der Waals surface area contributed by atoms with Gasteiger partial charge in [-0.3, -0.25) is 9.69 Å². The molecule has 0 radical (unpaired) electrons. The second kappa shape index (κ2) is 6.73. The van der Waals surface area contributed by atoms with Crippen molar-refractivity contribution in [2.75, 3.05) is 24.6 Å². The van der Waals surface area contributed by atoms with Crippen molar-refractivity contribution >= 4 is 33.2 Å². The van der Waals surface area contributed by atoms with Crippen LogP contribution in [0.3, 0.4) is 0 Å². The fraction of sp³-hybridized carbons (Fsp3) is 0.286. The Morgan fingerprint density at radius 3 is 2.86 bits per heavy atom. The highest BCUT2D eigenvalue weighted by Gasteiger charge is 2.11. The topological polar surface area (TPSA) is 84.4 Å². The zero-order valence-corrected chi connectivity index (χ0v) is 13.5. The van der Waals surface area contributed by atoms with E-state index < -0.39 is 0 Å². The first-order valence-electron chi connectivity index (χ1n) is 6.39. The Kier molecular flexibility index (Phi) is 4.98. The molecule has 0 aliphatic carbocycles. The molecule has 2 rings (SSSR count). The number of benzene rings is 1. The summed E-state index contributed by atoms with van der Waals surface area (Å²) in [6.45, 7) is 2.64. The Labute approximate surface area is 131 Å². The lowest BCUT2D eigenvalue weighted by Gasteiger charge is -2.15. The largest absolute Gasteiger partial charge is 0.399 e. The van der Waals surface area contributed by atoms with Crippen LogP contribution in [0.1, 0.15) is 11.5 Å². The quantitative estimate of drug-likeness (QED) is 0.807. The van der Waals surface area contributed by atoms with Crippen molar-refractivity contribution in [2.45, 2.75) is 13.5 Å². The summed E-state index contributed by atoms with van der Waals surface area (Å²) in [5.41, 5.74) is 7.79. The lowest BCUT2D eigenvalue weighted by atomic mass is 10.3. The molecule has 0 saturated heterocycles. The van der Waals surface area contributed by atoms with E-state index in [4.69, 9.17) is 10.3 Å². The predicted octanol–water partition coefficient (Wildman–Crippen LogP) is 2.40. The number of carbonyl (C=O) groups is 1. The number of nitrogens with zero attached hydrogens (tertiary/aromatic N) is 2. The minimum absolute atomic E-state index is 0.108. The number of aromatic nitrogens is 1. The van der Waals surface area contributed by atoms with Gasteiger partial charge in [0.15, 0.2) is 0 Å². The molecule has 21 heavy (non-hydrogen) atoms. The molecule has 1 heterocycles. The van der Waals surface area contributed by atoms with E-state index >= 15 is 0 Å². The highest BCUT2D eigenvalue weighted by atomic mass is 79.9. The van der Waals surface area contributed by atoms with E-state index in [9.17, 15) is 4.79 Å². The van der Waals surface area contributed by atoms with E-state index in [0.717, 1.165) is 15.9 Å². The Balaban J connectivity index is 1.89. The van der Waals surface area contributed by atoms with Gasteiger partial charge in [0.05, 0.1) is 17.9 Å². The Morgan fingerprint density at radius 2 is 2.24 bits per heavy atom. The number of carbonyl (C=O) groups excluding carboxylic acids is 1. The van der Waals surface area contributed by atoms with E-state index in [2.05, 4.69) is 26.4 Å². The van der Waals surface area contributed by atoms with Crippen LogP contribution in [0.15, 0.2) is 33.3 Å². The molecule has 0 bridgehead atoms. The van der Waals surface area contributed by atoms with E-state index in [1.54, 1.807) is 18.2 Å². The number of rotatable bonds is 5. The van der Waals surface area contributed by atoms with Gasteiger partial charge in [0, 0.05) is 22.8 Å². The first kappa shape index (κ1) is 15.5. The number of halogens is 1. The molecule has 1 aromatic carbocycles. The Hall–Kier alpha value is -1.86. The van der Waals surface area contributed by atoms with Crippen LogP contribution < -0.4 is 11.1 Å². The number of nitrogens with one attached hydrogen (secondary N) is 1. The van der Waals surface area contributed by atoms with Crippen molar-refractivity contribution < 1.29 is 9.32 Å². The van der Waals surface area contributed by atoms with Gasteiger partial charge in [-0.2, -0.15) is 0 Å². The second-order valence-corrected chi connectivity index (χ2v) is 5.74. The summed E-state index contributed by atoms with van der Waals surface area (Å²) in [5, 5.41) is 6.73. The van der Waals surface area contributed by atoms with Crippen LogP contribution >= 0.6 is 15.9 Å². The highest BCUT2D eigenvalue weighted by molar-refractivity contribution is 9.10. The molecule has 0 atom stereocenters. The molecule has 3 N–H and O–H groups in total. The van der Waals surface area contributed by atoms with E-state index in [0.29, 0.717) is 17.9 Å². The third kappa shape index (κ3) is 4.57. The van der Waals surface area contributed by atoms with Gasteiger partial charge in [-0.05, 0) is 48.1 Å². The van der Waals surface area contributed by atoms with Crippen molar-refractivity contribution in [1.29, 1.82) is 0 Å². The lowest BCUT2D eigenvalue weighted by Crippen LogP contribution is -2.30. The molecule has 7 heteroatoms. The van der Waals surface area contributed by atoms with Gasteiger partial charge in [0.2, 0.25) is 5.91 Å². The molecular formula is C14H17BrN4O2. The second-order valence-electron chi connectivity index (χ2n) is 4.89.